The first-order chi connectivity index (χ1) is 12.5. The minimum atomic E-state index is -0.305. The molecule has 1 aromatic carbocycles. The molecule has 0 radical (unpaired) electrons. The molecule has 0 aliphatic carbocycles. The number of aromatic amines is 1. The molecule has 0 saturated heterocycles. The number of nitrogens with zero attached hydrogens (tertiary/aromatic N) is 2. The molecule has 0 bridgehead atoms. The molecule has 0 aliphatic rings. The van der Waals surface area contributed by atoms with Crippen LogP contribution in [0.5, 0.6) is 0 Å². The summed E-state index contributed by atoms with van der Waals surface area (Å²) in [5.41, 5.74) is 5.90. The van der Waals surface area contributed by atoms with Gasteiger partial charge >= 0.3 is 5.97 Å². The summed E-state index contributed by atoms with van der Waals surface area (Å²) in [5.74, 6) is 0.0383. The van der Waals surface area contributed by atoms with Gasteiger partial charge in [-0.1, -0.05) is 23.8 Å². The molecule has 0 atom stereocenters. The largest absolute Gasteiger partial charge is 0.453 e. The van der Waals surface area contributed by atoms with Gasteiger partial charge in [0.1, 0.15) is 12.5 Å². The molecular weight excluding hydrogens is 414 g/mol. The number of ether oxygens (including phenoxy) is 1. The molecule has 3 rings (SSSR count). The zero-order valence-electron chi connectivity index (χ0n) is 14.9. The van der Waals surface area contributed by atoms with E-state index in [4.69, 9.17) is 4.74 Å². The smallest absolute Gasteiger partial charge is 0.328 e. The van der Waals surface area contributed by atoms with Crippen molar-refractivity contribution in [3.63, 3.8) is 0 Å². The van der Waals surface area contributed by atoms with E-state index < -0.39 is 0 Å². The maximum atomic E-state index is 12.0. The molecule has 2 aromatic heterocycles. The van der Waals surface area contributed by atoms with E-state index in [2.05, 4.69) is 51.1 Å². The number of carbonyl (C=O) groups excluding carboxylic acids is 1. The third kappa shape index (κ3) is 4.04. The van der Waals surface area contributed by atoms with Crippen LogP contribution >= 0.6 is 27.7 Å². The Balaban J connectivity index is 1.93. The van der Waals surface area contributed by atoms with Crippen molar-refractivity contribution in [1.82, 2.24) is 14.8 Å². The van der Waals surface area contributed by atoms with Gasteiger partial charge in [0.25, 0.3) is 0 Å². The lowest BCUT2D eigenvalue weighted by Gasteiger charge is -2.07. The summed E-state index contributed by atoms with van der Waals surface area (Å²) in [4.78, 5) is 15.5. The van der Waals surface area contributed by atoms with E-state index >= 15 is 0 Å². The molecule has 0 saturated carbocycles. The Morgan fingerprint density at radius 3 is 2.77 bits per heavy atom. The van der Waals surface area contributed by atoms with Gasteiger partial charge in [-0.05, 0) is 59.8 Å². The predicted octanol–water partition coefficient (Wildman–Crippen LogP) is 4.79. The highest BCUT2D eigenvalue weighted by Gasteiger charge is 2.19. The van der Waals surface area contributed by atoms with Gasteiger partial charge in [-0.15, -0.1) is 11.8 Å². The van der Waals surface area contributed by atoms with E-state index in [1.54, 1.807) is 4.68 Å². The number of aryl methyl sites for hydroxylation is 2. The van der Waals surface area contributed by atoms with Crippen LogP contribution in [0.4, 0.5) is 0 Å². The lowest BCUT2D eigenvalue weighted by molar-refractivity contribution is -0.142. The van der Waals surface area contributed by atoms with Crippen LogP contribution in [0.1, 0.15) is 11.3 Å². The second kappa shape index (κ2) is 8.14. The molecule has 136 valence electrons. The zero-order chi connectivity index (χ0) is 18.7. The Morgan fingerprint density at radius 2 is 2.04 bits per heavy atom. The van der Waals surface area contributed by atoms with Crippen LogP contribution in [0.2, 0.25) is 0 Å². The maximum Gasteiger partial charge on any atom is 0.328 e. The minimum absolute atomic E-state index is 0.0706. The first-order valence-corrected chi connectivity index (χ1v) is 10.3. The Bertz CT molecular complexity index is 933. The average Bonchev–Trinajstić information content (AvgIpc) is 3.18. The van der Waals surface area contributed by atoms with Crippen molar-refractivity contribution >= 4 is 33.7 Å². The summed E-state index contributed by atoms with van der Waals surface area (Å²) >= 11 is 5.06. The number of aromatic nitrogens is 3. The molecule has 7 heteroatoms. The molecule has 5 nitrogen and oxygen atoms in total. The second-order valence-electron chi connectivity index (χ2n) is 5.98. The van der Waals surface area contributed by atoms with Crippen LogP contribution in [0.15, 0.2) is 40.9 Å². The number of H-pyrrole nitrogens is 1. The molecule has 2 heterocycles. The van der Waals surface area contributed by atoms with Crippen molar-refractivity contribution < 1.29 is 9.53 Å². The maximum absolute atomic E-state index is 12.0. The van der Waals surface area contributed by atoms with E-state index in [1.807, 2.05) is 31.4 Å². The van der Waals surface area contributed by atoms with Crippen LogP contribution in [0, 0.1) is 13.8 Å². The summed E-state index contributed by atoms with van der Waals surface area (Å²) in [7, 11) is 0. The van der Waals surface area contributed by atoms with Crippen molar-refractivity contribution in [3.05, 3.63) is 52.1 Å². The fraction of sp³-hybridized carbons (Fsp3) is 0.263. The number of thioether (sulfide) groups is 1. The fourth-order valence-electron chi connectivity index (χ4n) is 2.74. The van der Waals surface area contributed by atoms with Crippen molar-refractivity contribution in [2.75, 3.05) is 12.2 Å². The Kier molecular flexibility index (Phi) is 5.88. The zero-order valence-corrected chi connectivity index (χ0v) is 17.3. The molecule has 0 spiro atoms. The third-order valence-electron chi connectivity index (χ3n) is 3.94. The minimum Gasteiger partial charge on any atom is -0.453 e. The standard InChI is InChI=1S/C19H20BrN3O2S/c1-12-5-4-6-14(9-12)15-7-8-16(21-15)19-18(20)13(2)22-23(19)10-17(24)25-11-26-3/h4-9,21H,10-11H2,1-3H3. The van der Waals surface area contributed by atoms with Crippen LogP contribution in [0.3, 0.4) is 0 Å². The second-order valence-corrected chi connectivity index (χ2v) is 7.59. The molecular formula is C19H20BrN3O2S. The predicted molar refractivity (Wildman–Crippen MR) is 109 cm³/mol. The quantitative estimate of drug-likeness (QED) is 0.448. The van der Waals surface area contributed by atoms with Crippen LogP contribution < -0.4 is 0 Å². The lowest BCUT2D eigenvalue weighted by atomic mass is 10.1. The van der Waals surface area contributed by atoms with Gasteiger partial charge in [-0.2, -0.15) is 5.10 Å². The highest BCUT2D eigenvalue weighted by atomic mass is 79.9. The number of hydrogen-bond acceptors (Lipinski definition) is 4. The number of hydrogen-bond donors (Lipinski definition) is 1. The van der Waals surface area contributed by atoms with Gasteiger partial charge in [-0.3, -0.25) is 9.48 Å². The Labute approximate surface area is 165 Å². The van der Waals surface area contributed by atoms with Gasteiger partial charge in [0.15, 0.2) is 0 Å². The van der Waals surface area contributed by atoms with Crippen molar-refractivity contribution in [3.8, 4) is 22.6 Å². The highest BCUT2D eigenvalue weighted by Crippen LogP contribution is 2.32. The summed E-state index contributed by atoms with van der Waals surface area (Å²) in [6, 6.07) is 12.4. The average molecular weight is 434 g/mol. The van der Waals surface area contributed by atoms with Crippen LogP contribution in [0.25, 0.3) is 22.6 Å². The number of nitrogens with one attached hydrogen (secondary N) is 1. The summed E-state index contributed by atoms with van der Waals surface area (Å²) in [5, 5.41) is 4.47. The number of esters is 1. The molecule has 3 aromatic rings. The SMILES string of the molecule is CSCOC(=O)Cn1nc(C)c(Br)c1-c1ccc(-c2cccc(C)c2)[nH]1. The molecule has 0 aliphatic heterocycles. The lowest BCUT2D eigenvalue weighted by Crippen LogP contribution is -2.15. The van der Waals surface area contributed by atoms with Gasteiger partial charge in [0.2, 0.25) is 0 Å². The number of rotatable bonds is 6. The topological polar surface area (TPSA) is 59.9 Å². The first-order valence-electron chi connectivity index (χ1n) is 8.13. The van der Waals surface area contributed by atoms with Crippen LogP contribution in [-0.2, 0) is 16.1 Å². The van der Waals surface area contributed by atoms with E-state index in [0.29, 0.717) is 5.94 Å². The van der Waals surface area contributed by atoms with E-state index in [-0.39, 0.29) is 12.5 Å². The molecule has 26 heavy (non-hydrogen) atoms. The first kappa shape index (κ1) is 18.8. The van der Waals surface area contributed by atoms with E-state index in [0.717, 1.165) is 32.8 Å². The number of carbonyl (C=O) groups is 1. The Hall–Kier alpha value is -1.99. The monoisotopic (exact) mass is 433 g/mol. The molecule has 0 fully saturated rings. The highest BCUT2D eigenvalue weighted by molar-refractivity contribution is 9.10. The number of benzene rings is 1. The summed E-state index contributed by atoms with van der Waals surface area (Å²) in [6.45, 7) is 4.05. The van der Waals surface area contributed by atoms with Gasteiger partial charge in [0.05, 0.1) is 21.6 Å². The summed E-state index contributed by atoms with van der Waals surface area (Å²) in [6.07, 6.45) is 1.89. The molecule has 1 N–H and O–H groups in total. The normalized spacial score (nSPS) is 10.9. The van der Waals surface area contributed by atoms with Gasteiger partial charge in [0, 0.05) is 5.69 Å². The van der Waals surface area contributed by atoms with Crippen molar-refractivity contribution in [2.45, 2.75) is 20.4 Å². The number of halogens is 1. The molecule has 0 amide bonds. The Morgan fingerprint density at radius 1 is 1.27 bits per heavy atom. The fourth-order valence-corrected chi connectivity index (χ4v) is 3.48. The molecule has 0 unspecified atom stereocenters. The van der Waals surface area contributed by atoms with E-state index in [9.17, 15) is 4.79 Å². The van der Waals surface area contributed by atoms with Crippen molar-refractivity contribution in [1.29, 1.82) is 0 Å². The third-order valence-corrected chi connectivity index (χ3v) is 5.24. The van der Waals surface area contributed by atoms with Gasteiger partial charge in [-0.25, -0.2) is 0 Å². The van der Waals surface area contributed by atoms with E-state index in [1.165, 1.54) is 17.3 Å². The van der Waals surface area contributed by atoms with Crippen molar-refractivity contribution in [2.24, 2.45) is 0 Å². The van der Waals surface area contributed by atoms with Gasteiger partial charge < -0.3 is 9.72 Å². The van der Waals surface area contributed by atoms with Crippen LogP contribution in [-0.4, -0.2) is 32.9 Å². The summed E-state index contributed by atoms with van der Waals surface area (Å²) < 4.78 is 7.70.